The molecule has 2 saturated carbocycles. The third kappa shape index (κ3) is 1.26. The molecule has 3 aliphatic carbocycles. The Morgan fingerprint density at radius 3 is 2.79 bits per heavy atom. The van der Waals surface area contributed by atoms with Crippen molar-refractivity contribution in [2.24, 2.45) is 23.2 Å². The van der Waals surface area contributed by atoms with Crippen LogP contribution in [0.4, 0.5) is 0 Å². The van der Waals surface area contributed by atoms with E-state index in [0.29, 0.717) is 0 Å². The third-order valence-electron chi connectivity index (χ3n) is 5.13. The normalized spacial score (nSPS) is 51.4. The second kappa shape index (κ2) is 3.12. The number of hydrogen-bond donors (Lipinski definition) is 0. The molecular formula is C14H22. The van der Waals surface area contributed by atoms with Crippen LogP contribution in [0.3, 0.4) is 0 Å². The molecule has 0 heteroatoms. The monoisotopic (exact) mass is 190 g/mol. The Balaban J connectivity index is 1.80. The topological polar surface area (TPSA) is 0 Å². The molecule has 4 atom stereocenters. The van der Waals surface area contributed by atoms with Gasteiger partial charge in [-0.05, 0) is 48.9 Å². The summed E-state index contributed by atoms with van der Waals surface area (Å²) >= 11 is 0. The summed E-state index contributed by atoms with van der Waals surface area (Å²) in [6, 6.07) is 0. The van der Waals surface area contributed by atoms with E-state index in [1.165, 1.54) is 44.9 Å². The van der Waals surface area contributed by atoms with Crippen LogP contribution in [0.2, 0.25) is 0 Å². The van der Waals surface area contributed by atoms with Gasteiger partial charge in [0.25, 0.3) is 0 Å². The molecule has 1 spiro atoms. The summed E-state index contributed by atoms with van der Waals surface area (Å²) in [5.41, 5.74) is 0.768. The van der Waals surface area contributed by atoms with Crippen molar-refractivity contribution in [2.75, 3.05) is 0 Å². The average molecular weight is 190 g/mol. The predicted octanol–water partition coefficient (Wildman–Crippen LogP) is 4.17. The zero-order valence-corrected chi connectivity index (χ0v) is 9.34. The van der Waals surface area contributed by atoms with Crippen molar-refractivity contribution in [3.63, 3.8) is 0 Å². The second-order valence-corrected chi connectivity index (χ2v) is 6.09. The molecule has 0 aromatic rings. The molecule has 0 aliphatic heterocycles. The first-order valence-corrected chi connectivity index (χ1v) is 6.47. The smallest absolute Gasteiger partial charge is 0.0171 e. The largest absolute Gasteiger partial charge is 0.0851 e. The molecule has 0 aromatic heterocycles. The van der Waals surface area contributed by atoms with Gasteiger partial charge in [-0.3, -0.25) is 0 Å². The zero-order valence-electron chi connectivity index (χ0n) is 9.34. The van der Waals surface area contributed by atoms with Gasteiger partial charge in [0.05, 0.1) is 0 Å². The highest BCUT2D eigenvalue weighted by molar-refractivity contribution is 5.15. The molecule has 14 heavy (non-hydrogen) atoms. The van der Waals surface area contributed by atoms with E-state index in [1.807, 2.05) is 0 Å². The molecule has 0 amide bonds. The van der Waals surface area contributed by atoms with Crippen molar-refractivity contribution in [3.8, 4) is 0 Å². The Kier molecular flexibility index (Phi) is 2.00. The maximum atomic E-state index is 2.55. The van der Waals surface area contributed by atoms with Crippen molar-refractivity contribution < 1.29 is 0 Å². The highest BCUT2D eigenvalue weighted by atomic mass is 14.5. The van der Waals surface area contributed by atoms with Gasteiger partial charge in [0, 0.05) is 0 Å². The number of allylic oxidation sites excluding steroid dienone is 2. The van der Waals surface area contributed by atoms with E-state index in [9.17, 15) is 0 Å². The van der Waals surface area contributed by atoms with Gasteiger partial charge in [-0.15, -0.1) is 0 Å². The van der Waals surface area contributed by atoms with Gasteiger partial charge in [0.15, 0.2) is 0 Å². The minimum atomic E-state index is 0.768. The highest BCUT2D eigenvalue weighted by Gasteiger charge is 2.47. The summed E-state index contributed by atoms with van der Waals surface area (Å²) in [5.74, 6) is 2.93. The van der Waals surface area contributed by atoms with Gasteiger partial charge >= 0.3 is 0 Å². The SMILES string of the molecule is CC1CCCC2(CC1)CC1C=CC2C1. The second-order valence-electron chi connectivity index (χ2n) is 6.09. The number of rotatable bonds is 0. The van der Waals surface area contributed by atoms with Crippen LogP contribution in [-0.2, 0) is 0 Å². The minimum absolute atomic E-state index is 0.768. The van der Waals surface area contributed by atoms with Crippen molar-refractivity contribution >= 4 is 0 Å². The van der Waals surface area contributed by atoms with Crippen molar-refractivity contribution in [1.29, 1.82) is 0 Å². The molecule has 0 saturated heterocycles. The molecular weight excluding hydrogens is 168 g/mol. The lowest BCUT2D eigenvalue weighted by atomic mass is 9.70. The van der Waals surface area contributed by atoms with Crippen molar-refractivity contribution in [3.05, 3.63) is 12.2 Å². The molecule has 4 unspecified atom stereocenters. The standard InChI is InChI=1S/C14H22/c1-11-3-2-7-14(8-6-11)10-12-4-5-13(14)9-12/h4-5,11-13H,2-3,6-10H2,1H3. The Hall–Kier alpha value is -0.260. The summed E-state index contributed by atoms with van der Waals surface area (Å²) in [6.07, 6.45) is 15.6. The minimum Gasteiger partial charge on any atom is -0.0851 e. The molecule has 2 bridgehead atoms. The van der Waals surface area contributed by atoms with Crippen LogP contribution in [0.25, 0.3) is 0 Å². The lowest BCUT2D eigenvalue weighted by Gasteiger charge is -2.34. The van der Waals surface area contributed by atoms with E-state index in [4.69, 9.17) is 0 Å². The summed E-state index contributed by atoms with van der Waals surface area (Å²) in [6.45, 7) is 2.45. The van der Waals surface area contributed by atoms with Gasteiger partial charge in [0.1, 0.15) is 0 Å². The quantitative estimate of drug-likeness (QED) is 0.503. The Bertz CT molecular complexity index is 253. The molecule has 3 aliphatic rings. The molecule has 0 aromatic carbocycles. The maximum absolute atomic E-state index is 2.55. The molecule has 2 fully saturated rings. The van der Waals surface area contributed by atoms with E-state index in [0.717, 1.165) is 23.2 Å². The predicted molar refractivity (Wildman–Crippen MR) is 60.0 cm³/mol. The number of fused-ring (bicyclic) bond motifs is 3. The molecule has 0 heterocycles. The van der Waals surface area contributed by atoms with Crippen LogP contribution >= 0.6 is 0 Å². The molecule has 0 N–H and O–H groups in total. The third-order valence-corrected chi connectivity index (χ3v) is 5.13. The van der Waals surface area contributed by atoms with E-state index >= 15 is 0 Å². The van der Waals surface area contributed by atoms with Crippen molar-refractivity contribution in [1.82, 2.24) is 0 Å². The van der Waals surface area contributed by atoms with Gasteiger partial charge in [-0.1, -0.05) is 38.3 Å². The van der Waals surface area contributed by atoms with Crippen molar-refractivity contribution in [2.45, 2.75) is 51.9 Å². The van der Waals surface area contributed by atoms with E-state index in [1.54, 1.807) is 0 Å². The van der Waals surface area contributed by atoms with E-state index < -0.39 is 0 Å². The van der Waals surface area contributed by atoms with Crippen LogP contribution in [0.15, 0.2) is 12.2 Å². The van der Waals surface area contributed by atoms with Crippen LogP contribution in [0.5, 0.6) is 0 Å². The summed E-state index contributed by atoms with van der Waals surface area (Å²) < 4.78 is 0. The maximum Gasteiger partial charge on any atom is -0.0171 e. The van der Waals surface area contributed by atoms with Gasteiger partial charge in [-0.2, -0.15) is 0 Å². The Labute approximate surface area is 87.8 Å². The van der Waals surface area contributed by atoms with Gasteiger partial charge in [-0.25, -0.2) is 0 Å². The van der Waals surface area contributed by atoms with E-state index in [-0.39, 0.29) is 0 Å². The van der Waals surface area contributed by atoms with Gasteiger partial charge in [0.2, 0.25) is 0 Å². The molecule has 0 radical (unpaired) electrons. The molecule has 78 valence electrons. The Morgan fingerprint density at radius 2 is 2.07 bits per heavy atom. The van der Waals surface area contributed by atoms with E-state index in [2.05, 4.69) is 19.1 Å². The summed E-state index contributed by atoms with van der Waals surface area (Å²) in [5, 5.41) is 0. The fraction of sp³-hybridized carbons (Fsp3) is 0.857. The summed E-state index contributed by atoms with van der Waals surface area (Å²) in [7, 11) is 0. The molecule has 3 rings (SSSR count). The molecule has 0 nitrogen and oxygen atoms in total. The van der Waals surface area contributed by atoms with Crippen LogP contribution in [-0.4, -0.2) is 0 Å². The highest BCUT2D eigenvalue weighted by Crippen LogP contribution is 2.58. The first kappa shape index (κ1) is 9.00. The van der Waals surface area contributed by atoms with Crippen LogP contribution in [0.1, 0.15) is 51.9 Å². The average Bonchev–Trinajstić information content (AvgIpc) is 2.70. The van der Waals surface area contributed by atoms with Gasteiger partial charge < -0.3 is 0 Å². The lowest BCUT2D eigenvalue weighted by molar-refractivity contribution is 0.191. The fourth-order valence-electron chi connectivity index (χ4n) is 4.23. The first-order chi connectivity index (χ1) is 6.78. The van der Waals surface area contributed by atoms with Crippen LogP contribution < -0.4 is 0 Å². The fourth-order valence-corrected chi connectivity index (χ4v) is 4.23. The summed E-state index contributed by atoms with van der Waals surface area (Å²) in [4.78, 5) is 0. The van der Waals surface area contributed by atoms with Crippen LogP contribution in [0, 0.1) is 23.2 Å². The zero-order chi connectivity index (χ0) is 9.60. The Morgan fingerprint density at radius 1 is 1.14 bits per heavy atom. The number of hydrogen-bond acceptors (Lipinski definition) is 0. The first-order valence-electron chi connectivity index (χ1n) is 6.47. The lowest BCUT2D eigenvalue weighted by Crippen LogP contribution is -2.25.